The molecule has 0 amide bonds. The molecule has 2 aromatic heterocycles. The number of thioether (sulfide) groups is 1. The van der Waals surface area contributed by atoms with Crippen molar-refractivity contribution < 1.29 is 4.42 Å². The SMILES string of the molecule is Cc1occc1SCCNCc1ccc(Cl)s1. The van der Waals surface area contributed by atoms with Crippen LogP contribution >= 0.6 is 34.7 Å². The normalized spacial score (nSPS) is 10.9. The van der Waals surface area contributed by atoms with Gasteiger partial charge in [-0.15, -0.1) is 23.1 Å². The number of furan rings is 1. The van der Waals surface area contributed by atoms with Crippen LogP contribution in [0.4, 0.5) is 0 Å². The van der Waals surface area contributed by atoms with Gasteiger partial charge in [-0.05, 0) is 25.1 Å². The fourth-order valence-electron chi connectivity index (χ4n) is 1.41. The summed E-state index contributed by atoms with van der Waals surface area (Å²) >= 11 is 9.30. The molecular weight excluding hydrogens is 274 g/mol. The van der Waals surface area contributed by atoms with Crippen molar-refractivity contribution in [3.8, 4) is 0 Å². The topological polar surface area (TPSA) is 25.2 Å². The van der Waals surface area contributed by atoms with E-state index in [1.807, 2.05) is 30.8 Å². The molecule has 0 aliphatic carbocycles. The van der Waals surface area contributed by atoms with E-state index in [0.29, 0.717) is 0 Å². The molecule has 2 aromatic rings. The number of hydrogen-bond donors (Lipinski definition) is 1. The van der Waals surface area contributed by atoms with E-state index in [0.717, 1.165) is 28.9 Å². The summed E-state index contributed by atoms with van der Waals surface area (Å²) in [6.45, 7) is 3.86. The molecule has 17 heavy (non-hydrogen) atoms. The summed E-state index contributed by atoms with van der Waals surface area (Å²) in [6.07, 6.45) is 1.73. The predicted octanol–water partition coefficient (Wildman–Crippen LogP) is 4.18. The zero-order valence-electron chi connectivity index (χ0n) is 9.53. The van der Waals surface area contributed by atoms with Crippen LogP contribution in [0.15, 0.2) is 33.8 Å². The lowest BCUT2D eigenvalue weighted by molar-refractivity contribution is 0.527. The quantitative estimate of drug-likeness (QED) is 0.637. The number of nitrogens with one attached hydrogen (secondary N) is 1. The number of rotatable bonds is 6. The molecule has 0 spiro atoms. The molecule has 0 aromatic carbocycles. The Bertz CT molecular complexity index is 467. The third-order valence-corrected chi connectivity index (χ3v) is 4.65. The van der Waals surface area contributed by atoms with Crippen LogP contribution < -0.4 is 5.32 Å². The van der Waals surface area contributed by atoms with E-state index in [4.69, 9.17) is 16.0 Å². The van der Waals surface area contributed by atoms with Gasteiger partial charge in [-0.25, -0.2) is 0 Å². The van der Waals surface area contributed by atoms with Gasteiger partial charge in [-0.3, -0.25) is 0 Å². The second-order valence-electron chi connectivity index (χ2n) is 3.57. The minimum atomic E-state index is 0.852. The maximum Gasteiger partial charge on any atom is 0.114 e. The van der Waals surface area contributed by atoms with Crippen molar-refractivity contribution in [3.63, 3.8) is 0 Å². The van der Waals surface area contributed by atoms with Gasteiger partial charge in [-0.2, -0.15) is 0 Å². The number of halogens is 1. The van der Waals surface area contributed by atoms with Crippen molar-refractivity contribution in [2.75, 3.05) is 12.3 Å². The van der Waals surface area contributed by atoms with Crippen LogP contribution in [0.5, 0.6) is 0 Å². The maximum atomic E-state index is 5.86. The lowest BCUT2D eigenvalue weighted by Gasteiger charge is -2.02. The molecule has 0 bridgehead atoms. The van der Waals surface area contributed by atoms with Gasteiger partial charge >= 0.3 is 0 Å². The Labute approximate surface area is 114 Å². The first-order valence-electron chi connectivity index (χ1n) is 5.37. The monoisotopic (exact) mass is 287 g/mol. The molecule has 2 nitrogen and oxygen atoms in total. The lowest BCUT2D eigenvalue weighted by atomic mass is 10.4. The van der Waals surface area contributed by atoms with Crippen LogP contribution in [0.3, 0.4) is 0 Å². The highest BCUT2D eigenvalue weighted by atomic mass is 35.5. The van der Waals surface area contributed by atoms with Crippen LogP contribution in [0.25, 0.3) is 0 Å². The Kier molecular flexibility index (Phi) is 4.98. The smallest absolute Gasteiger partial charge is 0.114 e. The highest BCUT2D eigenvalue weighted by Crippen LogP contribution is 2.23. The van der Waals surface area contributed by atoms with Crippen molar-refractivity contribution in [1.29, 1.82) is 0 Å². The molecule has 0 saturated heterocycles. The Morgan fingerprint density at radius 3 is 2.94 bits per heavy atom. The summed E-state index contributed by atoms with van der Waals surface area (Å²) in [6, 6.07) is 6.01. The molecule has 0 fully saturated rings. The third-order valence-electron chi connectivity index (χ3n) is 2.28. The Hall–Kier alpha value is -0.420. The van der Waals surface area contributed by atoms with Crippen molar-refractivity contribution in [2.45, 2.75) is 18.4 Å². The lowest BCUT2D eigenvalue weighted by Crippen LogP contribution is -2.15. The van der Waals surface area contributed by atoms with Crippen molar-refractivity contribution in [3.05, 3.63) is 39.4 Å². The predicted molar refractivity (Wildman–Crippen MR) is 75.2 cm³/mol. The van der Waals surface area contributed by atoms with E-state index in [2.05, 4.69) is 11.4 Å². The highest BCUT2D eigenvalue weighted by Gasteiger charge is 2.01. The third kappa shape index (κ3) is 4.07. The zero-order chi connectivity index (χ0) is 12.1. The summed E-state index contributed by atoms with van der Waals surface area (Å²) in [5.41, 5.74) is 0. The van der Waals surface area contributed by atoms with Gasteiger partial charge < -0.3 is 9.73 Å². The molecule has 1 N–H and O–H groups in total. The molecule has 0 unspecified atom stereocenters. The molecule has 2 rings (SSSR count). The molecule has 0 atom stereocenters. The molecule has 5 heteroatoms. The van der Waals surface area contributed by atoms with E-state index < -0.39 is 0 Å². The van der Waals surface area contributed by atoms with Crippen LogP contribution in [0, 0.1) is 6.92 Å². The molecule has 0 aliphatic heterocycles. The second kappa shape index (κ2) is 6.50. The molecule has 2 heterocycles. The van der Waals surface area contributed by atoms with Gasteiger partial charge in [0.05, 0.1) is 10.6 Å². The first-order chi connectivity index (χ1) is 8.25. The van der Waals surface area contributed by atoms with E-state index in [9.17, 15) is 0 Å². The first kappa shape index (κ1) is 13.0. The number of hydrogen-bond acceptors (Lipinski definition) is 4. The van der Waals surface area contributed by atoms with Crippen LogP contribution in [-0.4, -0.2) is 12.3 Å². The molecule has 0 radical (unpaired) electrons. The number of thiophene rings is 1. The van der Waals surface area contributed by atoms with Crippen LogP contribution in [0.1, 0.15) is 10.6 Å². The van der Waals surface area contributed by atoms with E-state index in [1.165, 1.54) is 9.77 Å². The first-order valence-corrected chi connectivity index (χ1v) is 7.55. The van der Waals surface area contributed by atoms with Crippen LogP contribution in [0.2, 0.25) is 4.34 Å². The van der Waals surface area contributed by atoms with Gasteiger partial charge in [0, 0.05) is 28.6 Å². The number of aryl methyl sites for hydroxylation is 1. The van der Waals surface area contributed by atoms with Gasteiger partial charge in [0.1, 0.15) is 5.76 Å². The highest BCUT2D eigenvalue weighted by molar-refractivity contribution is 7.99. The van der Waals surface area contributed by atoms with Crippen molar-refractivity contribution in [1.82, 2.24) is 5.32 Å². The zero-order valence-corrected chi connectivity index (χ0v) is 11.9. The fourth-order valence-corrected chi connectivity index (χ4v) is 3.34. The van der Waals surface area contributed by atoms with Gasteiger partial charge in [0.15, 0.2) is 0 Å². The molecule has 92 valence electrons. The fraction of sp³-hybridized carbons (Fsp3) is 0.333. The maximum absolute atomic E-state index is 5.86. The average molecular weight is 288 g/mol. The Morgan fingerprint density at radius 2 is 2.29 bits per heavy atom. The van der Waals surface area contributed by atoms with Gasteiger partial charge in [0.25, 0.3) is 0 Å². The van der Waals surface area contributed by atoms with E-state index in [-0.39, 0.29) is 0 Å². The van der Waals surface area contributed by atoms with E-state index in [1.54, 1.807) is 17.6 Å². The summed E-state index contributed by atoms with van der Waals surface area (Å²) < 4.78 is 6.09. The molecule has 0 aliphatic rings. The summed E-state index contributed by atoms with van der Waals surface area (Å²) in [4.78, 5) is 2.51. The minimum Gasteiger partial charge on any atom is -0.468 e. The van der Waals surface area contributed by atoms with Crippen molar-refractivity contribution >= 4 is 34.7 Å². The van der Waals surface area contributed by atoms with E-state index >= 15 is 0 Å². The van der Waals surface area contributed by atoms with Gasteiger partial charge in [0.2, 0.25) is 0 Å². The standard InChI is InChI=1S/C12H14ClNOS2/c1-9-11(4-6-15-9)16-7-5-14-8-10-2-3-12(13)17-10/h2-4,6,14H,5,7-8H2,1H3. The summed E-state index contributed by atoms with van der Waals surface area (Å²) in [7, 11) is 0. The second-order valence-corrected chi connectivity index (χ2v) is 6.51. The van der Waals surface area contributed by atoms with Crippen molar-refractivity contribution in [2.24, 2.45) is 0 Å². The average Bonchev–Trinajstić information content (AvgIpc) is 2.88. The molecule has 0 saturated carbocycles. The van der Waals surface area contributed by atoms with Gasteiger partial charge in [-0.1, -0.05) is 11.6 Å². The van der Waals surface area contributed by atoms with Crippen LogP contribution in [-0.2, 0) is 6.54 Å². The largest absolute Gasteiger partial charge is 0.468 e. The molecular formula is C12H14ClNOS2. The Balaban J connectivity index is 1.62. The summed E-state index contributed by atoms with van der Waals surface area (Å²) in [5.74, 6) is 2.04. The Morgan fingerprint density at radius 1 is 1.41 bits per heavy atom. The summed E-state index contributed by atoms with van der Waals surface area (Å²) in [5, 5.41) is 3.40. The minimum absolute atomic E-state index is 0.852.